The van der Waals surface area contributed by atoms with E-state index < -0.39 is 0 Å². The number of ether oxygens (including phenoxy) is 1. The molecule has 2 heterocycles. The van der Waals surface area contributed by atoms with Crippen molar-refractivity contribution in [3.8, 4) is 0 Å². The fourth-order valence-corrected chi connectivity index (χ4v) is 3.81. The fourth-order valence-electron chi connectivity index (χ4n) is 3.11. The van der Waals surface area contributed by atoms with Crippen molar-refractivity contribution in [3.63, 3.8) is 0 Å². The van der Waals surface area contributed by atoms with Crippen molar-refractivity contribution in [2.24, 2.45) is 4.99 Å². The molecule has 1 N–H and O–H groups in total. The van der Waals surface area contributed by atoms with Crippen molar-refractivity contribution in [2.75, 3.05) is 51.3 Å². The van der Waals surface area contributed by atoms with Gasteiger partial charge in [-0.15, -0.1) is 35.3 Å². The molecule has 0 atom stereocenters. The van der Waals surface area contributed by atoms with Crippen molar-refractivity contribution in [1.29, 1.82) is 0 Å². The number of anilines is 1. The highest BCUT2D eigenvalue weighted by atomic mass is 127. The summed E-state index contributed by atoms with van der Waals surface area (Å²) in [6.45, 7) is 8.20. The van der Waals surface area contributed by atoms with Crippen molar-refractivity contribution >= 4 is 47.0 Å². The molecule has 1 aromatic carbocycles. The number of nitrogens with zero attached hydrogens (tertiary/aromatic N) is 3. The van der Waals surface area contributed by atoms with E-state index in [1.165, 1.54) is 16.1 Å². The fraction of sp³-hybridized carbons (Fsp3) is 0.476. The maximum atomic E-state index is 5.43. The van der Waals surface area contributed by atoms with E-state index in [0.29, 0.717) is 6.54 Å². The molecular formula is C21H31IN4OS. The number of morpholine rings is 1. The van der Waals surface area contributed by atoms with E-state index in [-0.39, 0.29) is 24.0 Å². The van der Waals surface area contributed by atoms with Gasteiger partial charge in [-0.05, 0) is 42.5 Å². The average Bonchev–Trinajstić information content (AvgIpc) is 3.24. The molecule has 0 saturated carbocycles. The third kappa shape index (κ3) is 6.93. The maximum absolute atomic E-state index is 5.43. The van der Waals surface area contributed by atoms with Crippen molar-refractivity contribution in [2.45, 2.75) is 19.9 Å². The van der Waals surface area contributed by atoms with Crippen molar-refractivity contribution < 1.29 is 4.74 Å². The first kappa shape index (κ1) is 23.0. The summed E-state index contributed by atoms with van der Waals surface area (Å²) in [5, 5.41) is 5.54. The van der Waals surface area contributed by atoms with Crippen LogP contribution in [0, 0.1) is 0 Å². The van der Waals surface area contributed by atoms with Crippen LogP contribution < -0.4 is 10.2 Å². The predicted molar refractivity (Wildman–Crippen MR) is 130 cm³/mol. The van der Waals surface area contributed by atoms with Gasteiger partial charge in [-0.3, -0.25) is 0 Å². The van der Waals surface area contributed by atoms with Crippen LogP contribution >= 0.6 is 35.3 Å². The number of likely N-dealkylation sites (N-methyl/N-ethyl adjacent to an activating group) is 1. The Balaban J connectivity index is 0.00000280. The largest absolute Gasteiger partial charge is 0.378 e. The SMILES string of the molecule is CCNC(=NCc1ccc(N2CCOCC2)cc1)N(C)CCc1cccs1.I. The highest BCUT2D eigenvalue weighted by Gasteiger charge is 2.11. The monoisotopic (exact) mass is 514 g/mol. The molecule has 2 aromatic rings. The molecule has 0 aliphatic carbocycles. The lowest BCUT2D eigenvalue weighted by atomic mass is 10.2. The second-order valence-electron chi connectivity index (χ2n) is 6.69. The Bertz CT molecular complexity index is 700. The van der Waals surface area contributed by atoms with E-state index in [2.05, 4.69) is 70.9 Å². The third-order valence-electron chi connectivity index (χ3n) is 4.69. The average molecular weight is 514 g/mol. The van der Waals surface area contributed by atoms with Crippen LogP contribution in [-0.2, 0) is 17.7 Å². The molecule has 28 heavy (non-hydrogen) atoms. The molecular weight excluding hydrogens is 483 g/mol. The van der Waals surface area contributed by atoms with E-state index in [9.17, 15) is 0 Å². The van der Waals surface area contributed by atoms with Gasteiger partial charge in [0.2, 0.25) is 0 Å². The number of hydrogen-bond acceptors (Lipinski definition) is 4. The Kier molecular flexibility index (Phi) is 10.1. The standard InChI is InChI=1S/C21H30N4OS.HI/c1-3-22-21(24(2)11-10-20-5-4-16-27-20)23-17-18-6-8-19(9-7-18)25-12-14-26-15-13-25;/h4-9,16H,3,10-15,17H2,1-2H3,(H,22,23);1H. The molecule has 1 aliphatic rings. The van der Waals surface area contributed by atoms with Crippen LogP contribution in [-0.4, -0.2) is 57.3 Å². The number of benzene rings is 1. The quantitative estimate of drug-likeness (QED) is 0.347. The molecule has 7 heteroatoms. The number of thiophene rings is 1. The van der Waals surface area contributed by atoms with E-state index in [1.807, 2.05) is 11.3 Å². The highest BCUT2D eigenvalue weighted by Crippen LogP contribution is 2.17. The summed E-state index contributed by atoms with van der Waals surface area (Å²) < 4.78 is 5.43. The Labute approximate surface area is 189 Å². The lowest BCUT2D eigenvalue weighted by Gasteiger charge is -2.28. The summed E-state index contributed by atoms with van der Waals surface area (Å²) in [6, 6.07) is 13.1. The molecule has 1 aliphatic heterocycles. The molecule has 0 bridgehead atoms. The molecule has 1 saturated heterocycles. The van der Waals surface area contributed by atoms with Crippen LogP contribution in [0.25, 0.3) is 0 Å². The van der Waals surface area contributed by atoms with Gasteiger partial charge in [-0.2, -0.15) is 0 Å². The zero-order valence-corrected chi connectivity index (χ0v) is 19.9. The minimum atomic E-state index is 0. The smallest absolute Gasteiger partial charge is 0.193 e. The highest BCUT2D eigenvalue weighted by molar-refractivity contribution is 14.0. The maximum Gasteiger partial charge on any atom is 0.193 e. The number of halogens is 1. The lowest BCUT2D eigenvalue weighted by molar-refractivity contribution is 0.122. The Morgan fingerprint density at radius 2 is 1.96 bits per heavy atom. The topological polar surface area (TPSA) is 40.1 Å². The van der Waals surface area contributed by atoms with Gasteiger partial charge in [0.25, 0.3) is 0 Å². The van der Waals surface area contributed by atoms with Gasteiger partial charge in [0.15, 0.2) is 5.96 Å². The second-order valence-corrected chi connectivity index (χ2v) is 7.72. The normalized spacial score (nSPS) is 14.5. The summed E-state index contributed by atoms with van der Waals surface area (Å²) in [7, 11) is 2.11. The van der Waals surface area contributed by atoms with Crippen LogP contribution in [0.4, 0.5) is 5.69 Å². The van der Waals surface area contributed by atoms with E-state index in [0.717, 1.165) is 51.8 Å². The molecule has 0 amide bonds. The van der Waals surface area contributed by atoms with Crippen LogP contribution in [0.5, 0.6) is 0 Å². The number of rotatable bonds is 7. The zero-order chi connectivity index (χ0) is 18.9. The molecule has 0 radical (unpaired) electrons. The molecule has 3 rings (SSSR count). The van der Waals surface area contributed by atoms with Crippen LogP contribution in [0.15, 0.2) is 46.8 Å². The number of guanidine groups is 1. The first-order valence-electron chi connectivity index (χ1n) is 9.69. The van der Waals surface area contributed by atoms with Crippen LogP contribution in [0.3, 0.4) is 0 Å². The molecule has 5 nitrogen and oxygen atoms in total. The Morgan fingerprint density at radius 3 is 2.61 bits per heavy atom. The van der Waals surface area contributed by atoms with Crippen LogP contribution in [0.1, 0.15) is 17.4 Å². The zero-order valence-electron chi connectivity index (χ0n) is 16.8. The predicted octanol–water partition coefficient (Wildman–Crippen LogP) is 3.84. The third-order valence-corrected chi connectivity index (χ3v) is 5.63. The summed E-state index contributed by atoms with van der Waals surface area (Å²) >= 11 is 1.81. The van der Waals surface area contributed by atoms with Gasteiger partial charge in [0.1, 0.15) is 0 Å². The van der Waals surface area contributed by atoms with Gasteiger partial charge in [0.05, 0.1) is 19.8 Å². The molecule has 0 unspecified atom stereocenters. The minimum absolute atomic E-state index is 0. The van der Waals surface area contributed by atoms with E-state index in [1.54, 1.807) is 0 Å². The van der Waals surface area contributed by atoms with E-state index >= 15 is 0 Å². The van der Waals surface area contributed by atoms with Gasteiger partial charge >= 0.3 is 0 Å². The molecule has 0 spiro atoms. The molecule has 154 valence electrons. The van der Waals surface area contributed by atoms with Gasteiger partial charge in [-0.25, -0.2) is 4.99 Å². The van der Waals surface area contributed by atoms with Gasteiger partial charge in [0, 0.05) is 43.8 Å². The van der Waals surface area contributed by atoms with Gasteiger partial charge < -0.3 is 19.9 Å². The number of hydrogen-bond donors (Lipinski definition) is 1. The van der Waals surface area contributed by atoms with Crippen LogP contribution in [0.2, 0.25) is 0 Å². The number of aliphatic imine (C=N–C) groups is 1. The summed E-state index contributed by atoms with van der Waals surface area (Å²) in [4.78, 5) is 10.8. The van der Waals surface area contributed by atoms with Crippen molar-refractivity contribution in [1.82, 2.24) is 10.2 Å². The van der Waals surface area contributed by atoms with Gasteiger partial charge in [-0.1, -0.05) is 18.2 Å². The second kappa shape index (κ2) is 12.3. The van der Waals surface area contributed by atoms with Crippen molar-refractivity contribution in [3.05, 3.63) is 52.2 Å². The minimum Gasteiger partial charge on any atom is -0.378 e. The first-order chi connectivity index (χ1) is 13.3. The summed E-state index contributed by atoms with van der Waals surface area (Å²) in [5.41, 5.74) is 2.50. The molecule has 1 fully saturated rings. The molecule has 1 aromatic heterocycles. The number of nitrogens with one attached hydrogen (secondary N) is 1. The van der Waals surface area contributed by atoms with E-state index in [4.69, 9.17) is 9.73 Å². The first-order valence-corrected chi connectivity index (χ1v) is 10.6. The Hall–Kier alpha value is -1.32. The Morgan fingerprint density at radius 1 is 1.21 bits per heavy atom. The summed E-state index contributed by atoms with van der Waals surface area (Å²) in [6.07, 6.45) is 1.05. The lowest BCUT2D eigenvalue weighted by Crippen LogP contribution is -2.39. The summed E-state index contributed by atoms with van der Waals surface area (Å²) in [5.74, 6) is 0.964.